The molecule has 3 atom stereocenters. The van der Waals surface area contributed by atoms with Crippen molar-refractivity contribution in [1.29, 1.82) is 0 Å². The van der Waals surface area contributed by atoms with Gasteiger partial charge in [0.25, 0.3) is 0 Å². The molecule has 3 unspecified atom stereocenters. The van der Waals surface area contributed by atoms with Crippen molar-refractivity contribution in [1.82, 2.24) is 19.4 Å². The summed E-state index contributed by atoms with van der Waals surface area (Å²) in [6.07, 6.45) is 26.9. The number of pyridine rings is 1. The van der Waals surface area contributed by atoms with Crippen LogP contribution >= 0.6 is 0 Å². The zero-order chi connectivity index (χ0) is 38.1. The number of nitrogens with two attached hydrogens (primary N) is 1. The molecule has 0 amide bonds. The van der Waals surface area contributed by atoms with Crippen LogP contribution < -0.4 is 11.1 Å². The molecule has 0 bridgehead atoms. The monoisotopic (exact) mass is 738 g/mol. The Morgan fingerprint density at radius 1 is 0.825 bits per heavy atom. The molecule has 6 heteroatoms. The molecule has 0 saturated carbocycles. The lowest BCUT2D eigenvalue weighted by Gasteiger charge is -2.39. The van der Waals surface area contributed by atoms with E-state index in [1.165, 1.54) is 83.4 Å². The first-order chi connectivity index (χ1) is 28.2. The molecular weight excluding hydrogens is 697 g/mol. The summed E-state index contributed by atoms with van der Waals surface area (Å²) in [5.74, 6) is 0.504. The Labute approximate surface area is 332 Å². The minimum Gasteiger partial charge on any atom is -0.405 e. The lowest BCUT2D eigenvalue weighted by atomic mass is 9.63. The maximum atomic E-state index is 5.86. The molecule has 4 aromatic carbocycles. The van der Waals surface area contributed by atoms with Gasteiger partial charge in [0.2, 0.25) is 0 Å². The molecular formula is C51H42N6. The van der Waals surface area contributed by atoms with E-state index < -0.39 is 0 Å². The predicted octanol–water partition coefficient (Wildman–Crippen LogP) is 10.8. The highest BCUT2D eigenvalue weighted by Crippen LogP contribution is 2.60. The highest BCUT2D eigenvalue weighted by molar-refractivity contribution is 6.18. The number of nitrogens with zero attached hydrogens (tertiary/aromatic N) is 4. The number of para-hydroxylation sites is 1. The topological polar surface area (TPSA) is 73.2 Å². The number of fused-ring (bicyclic) bond motifs is 8. The fourth-order valence-corrected chi connectivity index (χ4v) is 10.5. The molecule has 0 saturated heterocycles. The number of benzene rings is 4. The van der Waals surface area contributed by atoms with Gasteiger partial charge in [-0.2, -0.15) is 0 Å². The minimum absolute atomic E-state index is 0.204. The first kappa shape index (κ1) is 33.4. The zero-order valence-electron chi connectivity index (χ0n) is 31.8. The van der Waals surface area contributed by atoms with E-state index in [-0.39, 0.29) is 11.3 Å². The Morgan fingerprint density at radius 2 is 1.67 bits per heavy atom. The number of aromatic nitrogens is 3. The van der Waals surface area contributed by atoms with Gasteiger partial charge in [-0.15, -0.1) is 0 Å². The molecule has 2 aliphatic carbocycles. The van der Waals surface area contributed by atoms with Gasteiger partial charge in [-0.25, -0.2) is 0 Å². The van der Waals surface area contributed by atoms with Crippen molar-refractivity contribution in [2.24, 2.45) is 16.6 Å². The lowest BCUT2D eigenvalue weighted by molar-refractivity contribution is 0.468. The van der Waals surface area contributed by atoms with Crippen LogP contribution in [0.25, 0.3) is 56.5 Å². The average Bonchev–Trinajstić information content (AvgIpc) is 3.88. The first-order valence-electron chi connectivity index (χ1n) is 19.9. The maximum Gasteiger partial charge on any atom is 0.0557 e. The van der Waals surface area contributed by atoms with Crippen LogP contribution in [0.1, 0.15) is 63.5 Å². The van der Waals surface area contributed by atoms with Crippen molar-refractivity contribution in [2.45, 2.75) is 37.6 Å². The van der Waals surface area contributed by atoms with Crippen molar-refractivity contribution >= 4 is 45.9 Å². The number of aliphatic imine (C=N–C) groups is 1. The van der Waals surface area contributed by atoms with E-state index in [0.717, 1.165) is 25.1 Å². The second kappa shape index (κ2) is 13.1. The van der Waals surface area contributed by atoms with E-state index in [0.29, 0.717) is 5.92 Å². The summed E-state index contributed by atoms with van der Waals surface area (Å²) in [6, 6.07) is 36.4. The van der Waals surface area contributed by atoms with Crippen molar-refractivity contribution in [3.05, 3.63) is 197 Å². The fraction of sp³-hybridized carbons (Fsp3) is 0.137. The molecule has 276 valence electrons. The van der Waals surface area contributed by atoms with Gasteiger partial charge in [-0.05, 0) is 120 Å². The summed E-state index contributed by atoms with van der Waals surface area (Å²) in [4.78, 5) is 8.94. The van der Waals surface area contributed by atoms with Crippen LogP contribution in [-0.2, 0) is 12.0 Å². The third-order valence-corrected chi connectivity index (χ3v) is 12.9. The fourth-order valence-electron chi connectivity index (χ4n) is 10.5. The summed E-state index contributed by atoms with van der Waals surface area (Å²) in [6.45, 7) is 2.97. The normalized spacial score (nSPS) is 20.5. The van der Waals surface area contributed by atoms with E-state index in [4.69, 9.17) is 5.73 Å². The van der Waals surface area contributed by atoms with E-state index in [9.17, 15) is 0 Å². The third-order valence-electron chi connectivity index (χ3n) is 12.9. The van der Waals surface area contributed by atoms with Crippen LogP contribution in [0.3, 0.4) is 0 Å². The predicted molar refractivity (Wildman–Crippen MR) is 235 cm³/mol. The van der Waals surface area contributed by atoms with Crippen molar-refractivity contribution in [3.63, 3.8) is 0 Å². The Kier molecular flexibility index (Phi) is 7.68. The smallest absolute Gasteiger partial charge is 0.0557 e. The second-order valence-corrected chi connectivity index (χ2v) is 15.5. The molecule has 3 N–H and O–H groups in total. The summed E-state index contributed by atoms with van der Waals surface area (Å²) < 4.78 is 4.84. The van der Waals surface area contributed by atoms with Crippen LogP contribution in [0.4, 0.5) is 0 Å². The molecule has 7 aromatic rings. The summed E-state index contributed by atoms with van der Waals surface area (Å²) in [5.41, 5.74) is 23.1. The van der Waals surface area contributed by atoms with Gasteiger partial charge in [-0.3, -0.25) is 9.98 Å². The highest BCUT2D eigenvalue weighted by atomic mass is 15.0. The molecule has 2 aliphatic heterocycles. The molecule has 3 aromatic heterocycles. The molecule has 11 rings (SSSR count). The van der Waals surface area contributed by atoms with E-state index in [1.54, 1.807) is 6.20 Å². The maximum absolute atomic E-state index is 5.86. The first-order valence-corrected chi connectivity index (χ1v) is 19.9. The molecule has 57 heavy (non-hydrogen) atoms. The lowest BCUT2D eigenvalue weighted by Crippen LogP contribution is -2.36. The SMILES string of the molecule is Cc1c(/C=C\N)c2c(n1C1=CCC(c3ccc(-n4c5ccccc5c5c6c(ccc54)C(c4ccncc4)(C4C=CN=CC4)c4ccccc4-6)cc3)C=C1)CNC=C2. The van der Waals surface area contributed by atoms with Gasteiger partial charge in [-0.1, -0.05) is 78.9 Å². The molecule has 0 spiro atoms. The Hall–Kier alpha value is -6.92. The minimum atomic E-state index is -0.379. The van der Waals surface area contributed by atoms with Gasteiger partial charge in [0.15, 0.2) is 0 Å². The largest absolute Gasteiger partial charge is 0.405 e. The second-order valence-electron chi connectivity index (χ2n) is 15.5. The highest BCUT2D eigenvalue weighted by Gasteiger charge is 2.50. The standard InChI is InChI=1S/C51H42N6/c1-33-40(20-26-52)41-25-31-55-32-48(41)56(33)38-14-10-34(11-15-38)35-12-16-39(17-13-35)57-46-9-5-3-7-43(46)50-47(57)19-18-45-49(50)42-6-2-4-8-44(42)51(45,36-21-27-53-28-22-36)37-23-29-54-30-24-37/h2-10,12-23,25-31,34,37,55H,11,24,32,52H2,1H3/b26-20-. The van der Waals surface area contributed by atoms with Crippen molar-refractivity contribution in [2.75, 3.05) is 0 Å². The Bertz CT molecular complexity index is 2930. The van der Waals surface area contributed by atoms with Gasteiger partial charge >= 0.3 is 0 Å². The number of rotatable bonds is 6. The number of hydrogen-bond donors (Lipinski definition) is 2. The summed E-state index contributed by atoms with van der Waals surface area (Å²) >= 11 is 0. The van der Waals surface area contributed by atoms with Gasteiger partial charge in [0, 0.05) is 81.3 Å². The Balaban J connectivity index is 1.01. The van der Waals surface area contributed by atoms with Gasteiger partial charge < -0.3 is 20.2 Å². The molecule has 5 heterocycles. The number of hydrogen-bond acceptors (Lipinski definition) is 4. The van der Waals surface area contributed by atoms with Crippen LogP contribution in [0.5, 0.6) is 0 Å². The van der Waals surface area contributed by atoms with Crippen molar-refractivity contribution in [3.8, 4) is 16.8 Å². The van der Waals surface area contributed by atoms with Crippen LogP contribution in [-0.4, -0.2) is 20.3 Å². The average molecular weight is 739 g/mol. The van der Waals surface area contributed by atoms with E-state index >= 15 is 0 Å². The summed E-state index contributed by atoms with van der Waals surface area (Å²) in [7, 11) is 0. The quantitative estimate of drug-likeness (QED) is 0.178. The van der Waals surface area contributed by atoms with Crippen LogP contribution in [0.15, 0.2) is 157 Å². The molecule has 0 radical (unpaired) electrons. The van der Waals surface area contributed by atoms with Crippen LogP contribution in [0.2, 0.25) is 0 Å². The van der Waals surface area contributed by atoms with Crippen LogP contribution in [0, 0.1) is 12.8 Å². The zero-order valence-corrected chi connectivity index (χ0v) is 31.8. The number of allylic oxidation sites excluding steroid dienone is 5. The molecule has 0 fully saturated rings. The summed E-state index contributed by atoms with van der Waals surface area (Å²) in [5, 5.41) is 5.96. The van der Waals surface area contributed by atoms with Gasteiger partial charge in [0.05, 0.1) is 23.0 Å². The van der Waals surface area contributed by atoms with E-state index in [1.807, 2.05) is 30.9 Å². The van der Waals surface area contributed by atoms with Gasteiger partial charge in [0.1, 0.15) is 0 Å². The third kappa shape index (κ3) is 4.83. The molecule has 4 aliphatic rings. The Morgan fingerprint density at radius 3 is 2.47 bits per heavy atom. The van der Waals surface area contributed by atoms with E-state index in [2.05, 4.69) is 165 Å². The number of nitrogens with one attached hydrogen (secondary N) is 1. The van der Waals surface area contributed by atoms with Crippen molar-refractivity contribution < 1.29 is 0 Å². The molecule has 6 nitrogen and oxygen atoms in total.